The number of hydrogen-bond acceptors (Lipinski definition) is 12. The van der Waals surface area contributed by atoms with Gasteiger partial charge in [0.05, 0.1) is 21.2 Å². The summed E-state index contributed by atoms with van der Waals surface area (Å²) in [6.45, 7) is 4.48. The third kappa shape index (κ3) is 12.0. The molecule has 6 rings (SSSR count). The number of rotatable bonds is 18. The molecule has 0 N–H and O–H groups in total. The third-order valence-electron chi connectivity index (χ3n) is 9.61. The Morgan fingerprint density at radius 1 is 0.525 bits per heavy atom. The van der Waals surface area contributed by atoms with Gasteiger partial charge in [-0.25, -0.2) is 9.97 Å². The summed E-state index contributed by atoms with van der Waals surface area (Å²) >= 11 is 0. The smallest absolute Gasteiger partial charge is 0.311 e. The highest BCUT2D eigenvalue weighted by atomic mass is 16.6. The van der Waals surface area contributed by atoms with Crippen molar-refractivity contribution in [1.29, 1.82) is 0 Å². The van der Waals surface area contributed by atoms with E-state index < -0.39 is 9.85 Å². The zero-order chi connectivity index (χ0) is 43.9. The number of nitrogens with zero attached hydrogens (tertiary/aromatic N) is 8. The summed E-state index contributed by atoms with van der Waals surface area (Å²) in [5, 5.41) is 23.3. The number of carbonyl (C=O) groups is 2. The molecule has 4 aromatic carbocycles. The molecule has 0 aliphatic rings. The molecule has 0 amide bonds. The van der Waals surface area contributed by atoms with E-state index in [2.05, 4.69) is 14.9 Å². The molecular formula is C47H50N8O6. The molecule has 0 aliphatic carbocycles. The lowest BCUT2D eigenvalue weighted by molar-refractivity contribution is -0.384. The lowest BCUT2D eigenvalue weighted by Crippen LogP contribution is -2.26. The Hall–Kier alpha value is -7.16. The molecule has 0 radical (unpaired) electrons. The van der Waals surface area contributed by atoms with Crippen LogP contribution in [0.2, 0.25) is 0 Å². The van der Waals surface area contributed by atoms with Gasteiger partial charge in [-0.05, 0) is 97.4 Å². The number of pyridine rings is 2. The van der Waals surface area contributed by atoms with Gasteiger partial charge in [-0.15, -0.1) is 0 Å². The molecule has 2 aromatic heterocycles. The topological polar surface area (TPSA) is 159 Å². The third-order valence-corrected chi connectivity index (χ3v) is 9.61. The second kappa shape index (κ2) is 21.7. The van der Waals surface area contributed by atoms with Gasteiger partial charge in [-0.1, -0.05) is 84.4 Å². The SMILES string of the molecule is CN(C)CCCN(c1ccccc1C(=O)c1ccccc1)c1ncccc1[N+](=O)[O-].Cc1ccc(N(CCCN(C)C)c2ncccc2[N+](=O)[O-])c(C(=O)c2ccccc2)c1. The Morgan fingerprint density at radius 2 is 0.951 bits per heavy atom. The van der Waals surface area contributed by atoms with Crippen LogP contribution >= 0.6 is 0 Å². The lowest BCUT2D eigenvalue weighted by Gasteiger charge is -2.26. The molecule has 0 saturated carbocycles. The van der Waals surface area contributed by atoms with E-state index in [1.54, 1.807) is 58.3 Å². The molecule has 0 bridgehead atoms. The van der Waals surface area contributed by atoms with Gasteiger partial charge in [0.1, 0.15) is 0 Å². The van der Waals surface area contributed by atoms with Crippen molar-refractivity contribution < 1.29 is 19.4 Å². The van der Waals surface area contributed by atoms with Gasteiger partial charge in [-0.2, -0.15) is 0 Å². The van der Waals surface area contributed by atoms with Crippen molar-refractivity contribution in [2.24, 2.45) is 0 Å². The van der Waals surface area contributed by atoms with Crippen LogP contribution in [0.5, 0.6) is 0 Å². The summed E-state index contributed by atoms with van der Waals surface area (Å²) < 4.78 is 0. The number of ketones is 2. The summed E-state index contributed by atoms with van der Waals surface area (Å²) in [5.41, 5.74) is 4.07. The number of benzene rings is 4. The van der Waals surface area contributed by atoms with Gasteiger partial charge in [0, 0.05) is 59.9 Å². The van der Waals surface area contributed by atoms with Crippen LogP contribution in [0, 0.1) is 27.2 Å². The Morgan fingerprint density at radius 3 is 1.41 bits per heavy atom. The standard InChI is InChI=1S/C24H26N4O3.C23H24N4O3/c1-18-12-13-21(20(17-18)23(29)19-9-5-4-6-10-19)27(16-8-15-26(2)3)24-22(28(30)31)11-7-14-25-24;1-25(2)16-9-17-26(23-21(27(29)30)14-8-15-24-23)20-13-7-6-12-19(20)22(28)18-10-4-3-5-11-18/h4-7,9-14,17H,8,15-16H2,1-3H3;3-8,10-15H,9,16-17H2,1-2H3. The van der Waals surface area contributed by atoms with Gasteiger partial charge in [0.2, 0.25) is 11.6 Å². The molecule has 0 fully saturated rings. The number of nitro groups is 2. The minimum atomic E-state index is -0.442. The van der Waals surface area contributed by atoms with Crippen molar-refractivity contribution in [3.8, 4) is 0 Å². The van der Waals surface area contributed by atoms with Crippen molar-refractivity contribution in [3.05, 3.63) is 188 Å². The number of carbonyl (C=O) groups excluding carboxylic acids is 2. The molecule has 314 valence electrons. The van der Waals surface area contributed by atoms with Gasteiger partial charge in [0.15, 0.2) is 11.6 Å². The first-order valence-electron chi connectivity index (χ1n) is 19.8. The highest BCUT2D eigenvalue weighted by molar-refractivity contribution is 6.13. The Balaban J connectivity index is 0.000000231. The molecular weight excluding hydrogens is 773 g/mol. The van der Waals surface area contributed by atoms with Crippen LogP contribution in [0.15, 0.2) is 140 Å². The van der Waals surface area contributed by atoms with Crippen molar-refractivity contribution in [1.82, 2.24) is 19.8 Å². The predicted octanol–water partition coefficient (Wildman–Crippen LogP) is 8.93. The first kappa shape index (κ1) is 44.9. The van der Waals surface area contributed by atoms with E-state index in [1.807, 2.05) is 107 Å². The van der Waals surface area contributed by atoms with Crippen LogP contribution in [0.4, 0.5) is 34.4 Å². The fraction of sp³-hybridized carbons (Fsp3) is 0.234. The second-order valence-corrected chi connectivity index (χ2v) is 14.8. The van der Waals surface area contributed by atoms with Crippen molar-refractivity contribution in [2.75, 3.05) is 64.2 Å². The van der Waals surface area contributed by atoms with Gasteiger partial charge < -0.3 is 19.6 Å². The first-order valence-corrected chi connectivity index (χ1v) is 19.8. The zero-order valence-corrected chi connectivity index (χ0v) is 35.0. The van der Waals surface area contributed by atoms with Crippen molar-refractivity contribution >= 4 is 46.0 Å². The van der Waals surface area contributed by atoms with E-state index >= 15 is 0 Å². The maximum absolute atomic E-state index is 13.4. The highest BCUT2D eigenvalue weighted by Crippen LogP contribution is 2.36. The van der Waals surface area contributed by atoms with Gasteiger partial charge in [-0.3, -0.25) is 29.8 Å². The lowest BCUT2D eigenvalue weighted by atomic mass is 9.99. The number of aryl methyl sites for hydroxylation is 1. The molecule has 6 aromatic rings. The Labute approximate surface area is 356 Å². The van der Waals surface area contributed by atoms with Crippen molar-refractivity contribution in [3.63, 3.8) is 0 Å². The molecule has 0 aliphatic heterocycles. The number of anilines is 4. The normalized spacial score (nSPS) is 10.8. The largest absolute Gasteiger partial charge is 0.320 e. The molecule has 0 atom stereocenters. The zero-order valence-electron chi connectivity index (χ0n) is 35.0. The van der Waals surface area contributed by atoms with E-state index in [1.165, 1.54) is 24.5 Å². The first-order chi connectivity index (χ1) is 29.4. The van der Waals surface area contributed by atoms with Crippen LogP contribution in [-0.2, 0) is 0 Å². The Bertz CT molecular complexity index is 2430. The maximum atomic E-state index is 13.4. The van der Waals surface area contributed by atoms with Crippen LogP contribution in [-0.4, -0.2) is 95.6 Å². The number of aromatic nitrogens is 2. The minimum Gasteiger partial charge on any atom is -0.320 e. The summed E-state index contributed by atoms with van der Waals surface area (Å²) in [7, 11) is 7.90. The quantitative estimate of drug-likeness (QED) is 0.0461. The van der Waals surface area contributed by atoms with Gasteiger partial charge in [0.25, 0.3) is 0 Å². The predicted molar refractivity (Wildman–Crippen MR) is 240 cm³/mol. The van der Waals surface area contributed by atoms with E-state index in [0.29, 0.717) is 46.7 Å². The molecule has 0 unspecified atom stereocenters. The van der Waals surface area contributed by atoms with Crippen LogP contribution in [0.1, 0.15) is 50.2 Å². The molecule has 14 heteroatoms. The van der Waals surface area contributed by atoms with Crippen molar-refractivity contribution in [2.45, 2.75) is 19.8 Å². The van der Waals surface area contributed by atoms with E-state index in [0.717, 1.165) is 31.5 Å². The number of para-hydroxylation sites is 1. The van der Waals surface area contributed by atoms with Crippen LogP contribution < -0.4 is 9.80 Å². The maximum Gasteiger partial charge on any atom is 0.311 e. The van der Waals surface area contributed by atoms with E-state index in [-0.39, 0.29) is 34.6 Å². The summed E-state index contributed by atoms with van der Waals surface area (Å²) in [4.78, 5) is 65.3. The minimum absolute atomic E-state index is 0.0916. The molecule has 0 saturated heterocycles. The summed E-state index contributed by atoms with van der Waals surface area (Å²) in [6.07, 6.45) is 4.55. The highest BCUT2D eigenvalue weighted by Gasteiger charge is 2.27. The molecule has 2 heterocycles. The fourth-order valence-corrected chi connectivity index (χ4v) is 6.71. The molecule has 61 heavy (non-hydrogen) atoms. The summed E-state index contributed by atoms with van der Waals surface area (Å²) in [6, 6.07) is 36.8. The fourth-order valence-electron chi connectivity index (χ4n) is 6.71. The van der Waals surface area contributed by atoms with E-state index in [4.69, 9.17) is 0 Å². The second-order valence-electron chi connectivity index (χ2n) is 14.8. The Kier molecular flexibility index (Phi) is 16.0. The average Bonchev–Trinajstić information content (AvgIpc) is 3.27. The number of hydrogen-bond donors (Lipinski definition) is 0. The van der Waals surface area contributed by atoms with E-state index in [9.17, 15) is 29.8 Å². The van der Waals surface area contributed by atoms with Gasteiger partial charge >= 0.3 is 11.4 Å². The van der Waals surface area contributed by atoms with Crippen LogP contribution in [0.25, 0.3) is 0 Å². The molecule has 14 nitrogen and oxygen atoms in total. The summed E-state index contributed by atoms with van der Waals surface area (Å²) in [5.74, 6) is 0.199. The molecule has 0 spiro atoms. The monoisotopic (exact) mass is 822 g/mol. The van der Waals surface area contributed by atoms with Crippen LogP contribution in [0.3, 0.4) is 0 Å². The average molecular weight is 823 g/mol.